The van der Waals surface area contributed by atoms with Crippen molar-refractivity contribution in [2.75, 3.05) is 14.2 Å². The van der Waals surface area contributed by atoms with Gasteiger partial charge in [0, 0.05) is 90.7 Å². The Balaban J connectivity index is 1.26. The van der Waals surface area contributed by atoms with Crippen LogP contribution in [0, 0.1) is 18.8 Å². The van der Waals surface area contributed by atoms with Gasteiger partial charge in [0.25, 0.3) is 0 Å². The second kappa shape index (κ2) is 15.7. The molecule has 3 atom stereocenters. The lowest BCUT2D eigenvalue weighted by Crippen LogP contribution is -2.21. The van der Waals surface area contributed by atoms with Crippen LogP contribution in [0.25, 0.3) is 43.1 Å². The van der Waals surface area contributed by atoms with E-state index >= 15 is 9.59 Å². The summed E-state index contributed by atoms with van der Waals surface area (Å²) >= 11 is 0. The summed E-state index contributed by atoms with van der Waals surface area (Å²) in [5.74, 6) is 2.99. The van der Waals surface area contributed by atoms with Gasteiger partial charge in [0.1, 0.15) is 34.5 Å². The van der Waals surface area contributed by atoms with E-state index in [0.29, 0.717) is 64.9 Å². The number of aliphatic imine (C=N–C) groups is 2. The number of ether oxygens (including phenoxy) is 4. The molecule has 0 saturated heterocycles. The maximum atomic E-state index is 15.5. The number of para-hydroxylation sites is 2. The predicted molar refractivity (Wildman–Crippen MR) is 267 cm³/mol. The molecule has 0 spiro atoms. The minimum absolute atomic E-state index is 0.0469. The molecular formula is C59H46N2O6. The summed E-state index contributed by atoms with van der Waals surface area (Å²) in [6.07, 6.45) is 1.62. The molecule has 1 heterocycles. The minimum atomic E-state index is -0.357. The Morgan fingerprint density at radius 3 is 1.75 bits per heavy atom. The highest BCUT2D eigenvalue weighted by atomic mass is 16.5. The Kier molecular flexibility index (Phi) is 9.50. The molecule has 2 aliphatic carbocycles. The van der Waals surface area contributed by atoms with Crippen LogP contribution >= 0.6 is 0 Å². The maximum absolute atomic E-state index is 15.5. The third kappa shape index (κ3) is 6.34. The summed E-state index contributed by atoms with van der Waals surface area (Å²) < 4.78 is 25.1. The van der Waals surface area contributed by atoms with Crippen LogP contribution in [0.1, 0.15) is 82.0 Å². The second-order valence-electron chi connectivity index (χ2n) is 18.1. The van der Waals surface area contributed by atoms with Gasteiger partial charge in [-0.15, -0.1) is 0 Å². The summed E-state index contributed by atoms with van der Waals surface area (Å²) in [4.78, 5) is 41.4. The lowest BCUT2D eigenvalue weighted by molar-refractivity contribution is 0.0907. The van der Waals surface area contributed by atoms with Crippen molar-refractivity contribution in [1.29, 1.82) is 0 Å². The van der Waals surface area contributed by atoms with Crippen molar-refractivity contribution in [3.63, 3.8) is 0 Å². The third-order valence-electron chi connectivity index (χ3n) is 14.5. The minimum Gasteiger partial charge on any atom is -0.497 e. The molecule has 3 unspecified atom stereocenters. The van der Waals surface area contributed by atoms with E-state index in [1.54, 1.807) is 14.2 Å². The fraction of sp³-hybridized carbons (Fsp3) is 0.186. The van der Waals surface area contributed by atoms with Crippen LogP contribution < -0.4 is 18.9 Å². The highest BCUT2D eigenvalue weighted by molar-refractivity contribution is 6.42. The van der Waals surface area contributed by atoms with Gasteiger partial charge in [-0.2, -0.15) is 0 Å². The smallest absolute Gasteiger partial charge is 0.167 e. The van der Waals surface area contributed by atoms with Crippen LogP contribution in [0.2, 0.25) is 0 Å². The van der Waals surface area contributed by atoms with E-state index in [4.69, 9.17) is 28.9 Å². The number of aryl methyl sites for hydroxylation is 1. The number of methoxy groups -OCH3 is 2. The standard InChI is InChI=1S/C59H46N2O6/c1-6-33-27-48(60-46-13-9-7-11-31(46)2)39-23-25-41-55-51(67-37-21-17-35(65-5)18-22-37)30-45-53-40(49-28-43(59(45)63)32(3)38-12-8-10-14-47(38)61-49)24-26-42(57(53)55)54-50(29-44(58(33)62)52(39)56(41)54)66-36-19-15-34(64-4)16-20-36/h7-26,29-30,32-33,43H,6,27-28H2,1-5H3. The van der Waals surface area contributed by atoms with Gasteiger partial charge >= 0.3 is 0 Å². The fourth-order valence-electron chi connectivity index (χ4n) is 11.0. The van der Waals surface area contributed by atoms with Crippen molar-refractivity contribution >= 4 is 77.5 Å². The molecule has 12 rings (SSSR count). The Morgan fingerprint density at radius 1 is 0.582 bits per heavy atom. The first kappa shape index (κ1) is 40.7. The lowest BCUT2D eigenvalue weighted by Gasteiger charge is -2.24. The number of benzene rings is 9. The molecule has 2 bridgehead atoms. The first-order chi connectivity index (χ1) is 32.7. The Morgan fingerprint density at radius 2 is 1.13 bits per heavy atom. The molecule has 8 heteroatoms. The molecule has 0 N–H and O–H groups in total. The monoisotopic (exact) mass is 878 g/mol. The summed E-state index contributed by atoms with van der Waals surface area (Å²) in [6, 6.07) is 43.8. The summed E-state index contributed by atoms with van der Waals surface area (Å²) in [6.45, 7) is 6.28. The normalized spacial score (nSPS) is 18.2. The molecule has 8 nitrogen and oxygen atoms in total. The average Bonchev–Trinajstić information content (AvgIpc) is 3.64. The summed E-state index contributed by atoms with van der Waals surface area (Å²) in [5, 5.41) is 6.79. The third-order valence-corrected chi connectivity index (χ3v) is 14.5. The van der Waals surface area contributed by atoms with Gasteiger partial charge in [-0.05, 0) is 114 Å². The zero-order chi connectivity index (χ0) is 45.7. The zero-order valence-electron chi connectivity index (χ0n) is 37.9. The quantitative estimate of drug-likeness (QED) is 0.111. The van der Waals surface area contributed by atoms with Gasteiger partial charge in [0.05, 0.1) is 25.6 Å². The first-order valence-corrected chi connectivity index (χ1v) is 23.0. The lowest BCUT2D eigenvalue weighted by atomic mass is 9.79. The molecular weight excluding hydrogens is 833 g/mol. The van der Waals surface area contributed by atoms with Gasteiger partial charge in [0.15, 0.2) is 11.6 Å². The van der Waals surface area contributed by atoms with Crippen molar-refractivity contribution in [3.8, 4) is 34.5 Å². The van der Waals surface area contributed by atoms with E-state index in [-0.39, 0.29) is 29.3 Å². The van der Waals surface area contributed by atoms with Gasteiger partial charge in [-0.25, -0.2) is 0 Å². The van der Waals surface area contributed by atoms with E-state index in [2.05, 4.69) is 63.2 Å². The van der Waals surface area contributed by atoms with Crippen molar-refractivity contribution in [3.05, 3.63) is 167 Å². The van der Waals surface area contributed by atoms with Gasteiger partial charge in [-0.1, -0.05) is 74.5 Å². The average molecular weight is 879 g/mol. The van der Waals surface area contributed by atoms with Crippen molar-refractivity contribution in [2.24, 2.45) is 21.8 Å². The van der Waals surface area contributed by atoms with Crippen molar-refractivity contribution in [1.82, 2.24) is 0 Å². The Labute approximate surface area is 387 Å². The van der Waals surface area contributed by atoms with E-state index in [1.165, 1.54) is 0 Å². The molecule has 9 aromatic carbocycles. The van der Waals surface area contributed by atoms with Crippen LogP contribution in [0.3, 0.4) is 0 Å². The largest absolute Gasteiger partial charge is 0.497 e. The number of carbonyl (C=O) groups excluding carboxylic acids is 2. The number of carbonyl (C=O) groups is 2. The molecule has 0 fully saturated rings. The molecule has 0 saturated carbocycles. The van der Waals surface area contributed by atoms with Crippen LogP contribution in [0.5, 0.6) is 34.5 Å². The molecule has 0 amide bonds. The Bertz CT molecular complexity index is 3610. The van der Waals surface area contributed by atoms with E-state index in [1.807, 2.05) is 91.0 Å². The molecule has 328 valence electrons. The highest BCUT2D eigenvalue weighted by Gasteiger charge is 2.39. The second-order valence-corrected chi connectivity index (χ2v) is 18.1. The molecule has 0 radical (unpaired) electrons. The van der Waals surface area contributed by atoms with Gasteiger partial charge < -0.3 is 18.9 Å². The van der Waals surface area contributed by atoms with Crippen LogP contribution in [-0.2, 0) is 0 Å². The number of rotatable bonds is 8. The van der Waals surface area contributed by atoms with E-state index < -0.39 is 0 Å². The van der Waals surface area contributed by atoms with Crippen LogP contribution in [0.15, 0.2) is 143 Å². The van der Waals surface area contributed by atoms with Crippen molar-refractivity contribution in [2.45, 2.75) is 46.0 Å². The topological polar surface area (TPSA) is 95.8 Å². The molecule has 0 aromatic heterocycles. The number of hydrogen-bond acceptors (Lipinski definition) is 8. The molecule has 3 aliphatic rings. The van der Waals surface area contributed by atoms with Gasteiger partial charge in [-0.3, -0.25) is 19.6 Å². The maximum Gasteiger partial charge on any atom is 0.167 e. The number of hydrogen-bond donors (Lipinski definition) is 0. The fourth-order valence-corrected chi connectivity index (χ4v) is 11.0. The summed E-state index contributed by atoms with van der Waals surface area (Å²) in [5.41, 5.74) is 8.63. The van der Waals surface area contributed by atoms with Crippen LogP contribution in [-0.4, -0.2) is 37.2 Å². The predicted octanol–water partition coefficient (Wildman–Crippen LogP) is 14.8. The Hall–Kier alpha value is -7.84. The first-order valence-electron chi connectivity index (χ1n) is 23.0. The van der Waals surface area contributed by atoms with E-state index in [9.17, 15) is 0 Å². The number of ketones is 2. The molecule has 9 aromatic rings. The summed E-state index contributed by atoms with van der Waals surface area (Å²) in [7, 11) is 3.27. The number of fused-ring (bicyclic) bond motifs is 6. The number of Topliss-reactive ketones (excluding diaryl/α,β-unsaturated/α-hetero) is 2. The number of nitrogens with zero attached hydrogens (tertiary/aromatic N) is 2. The van der Waals surface area contributed by atoms with Crippen LogP contribution in [0.4, 0.5) is 11.4 Å². The zero-order valence-corrected chi connectivity index (χ0v) is 37.9. The van der Waals surface area contributed by atoms with Crippen molar-refractivity contribution < 1.29 is 28.5 Å². The molecule has 1 aliphatic heterocycles. The molecule has 67 heavy (non-hydrogen) atoms. The van der Waals surface area contributed by atoms with E-state index in [0.717, 1.165) is 88.1 Å². The SMILES string of the molecule is CCC1CC(=Nc2ccccc2C)c2ccc3c4c(Oc5ccc(OC)cc5)cc5c6c(ccc(c7c(Oc8ccc(OC)cc8)cc(c2c37)C1=O)c64)C1=Nc2ccccc2C(C)C(C1)C5=O. The van der Waals surface area contributed by atoms with Gasteiger partial charge in [0.2, 0.25) is 0 Å². The highest BCUT2D eigenvalue weighted by Crippen LogP contribution is 2.54.